The highest BCUT2D eigenvalue weighted by atomic mass is 16.6. The van der Waals surface area contributed by atoms with Crippen LogP contribution in [0.1, 0.15) is 24.0 Å². The molecule has 0 bridgehead atoms. The SMILES string of the molecule is CCOC(=O)C1(C#N)Oc2c(c(=O)oc3ccccc23)C1c1cccc2ccccc12. The summed E-state index contributed by atoms with van der Waals surface area (Å²) in [4.78, 5) is 26.3. The van der Waals surface area contributed by atoms with Crippen LogP contribution >= 0.6 is 0 Å². The van der Waals surface area contributed by atoms with Gasteiger partial charge < -0.3 is 13.9 Å². The normalized spacial score (nSPS) is 19.5. The summed E-state index contributed by atoms with van der Waals surface area (Å²) < 4.78 is 16.9. The van der Waals surface area contributed by atoms with Crippen LogP contribution in [0.2, 0.25) is 0 Å². The van der Waals surface area contributed by atoms with Crippen LogP contribution in [0.4, 0.5) is 0 Å². The quantitative estimate of drug-likeness (QED) is 0.369. The Labute approximate surface area is 177 Å². The molecule has 0 amide bonds. The molecule has 0 saturated carbocycles. The smallest absolute Gasteiger partial charge is 0.366 e. The lowest BCUT2D eigenvalue weighted by molar-refractivity contribution is -0.156. The standard InChI is InChI=1S/C25H17NO5/c1-2-29-24(28)25(14-26)21(17-12-7-9-15-8-3-4-10-16(15)17)20-22(31-25)18-11-5-6-13-19(18)30-23(20)27/h3-13,21H,2H2,1H3. The lowest BCUT2D eigenvalue weighted by Crippen LogP contribution is -2.47. The van der Waals surface area contributed by atoms with E-state index >= 15 is 0 Å². The number of fused-ring (bicyclic) bond motifs is 4. The monoisotopic (exact) mass is 411 g/mol. The molecule has 6 nitrogen and oxygen atoms in total. The molecule has 31 heavy (non-hydrogen) atoms. The second-order valence-electron chi connectivity index (χ2n) is 7.30. The second-order valence-corrected chi connectivity index (χ2v) is 7.30. The van der Waals surface area contributed by atoms with Crippen molar-refractivity contribution in [2.45, 2.75) is 18.4 Å². The first-order chi connectivity index (χ1) is 15.1. The zero-order valence-corrected chi connectivity index (χ0v) is 16.6. The Morgan fingerprint density at radius 3 is 2.55 bits per heavy atom. The van der Waals surface area contributed by atoms with Crippen LogP contribution in [-0.4, -0.2) is 18.2 Å². The van der Waals surface area contributed by atoms with Crippen LogP contribution in [0.15, 0.2) is 75.9 Å². The Balaban J connectivity index is 1.90. The number of ether oxygens (including phenoxy) is 2. The van der Waals surface area contributed by atoms with Gasteiger partial charge in [-0.1, -0.05) is 54.6 Å². The van der Waals surface area contributed by atoms with Crippen molar-refractivity contribution in [3.05, 3.63) is 88.3 Å². The molecule has 0 fully saturated rings. The van der Waals surface area contributed by atoms with E-state index in [1.165, 1.54) is 0 Å². The van der Waals surface area contributed by atoms with Gasteiger partial charge in [0.1, 0.15) is 17.4 Å². The van der Waals surface area contributed by atoms with E-state index in [-0.39, 0.29) is 17.9 Å². The number of esters is 1. The van der Waals surface area contributed by atoms with Crippen molar-refractivity contribution in [2.24, 2.45) is 0 Å². The van der Waals surface area contributed by atoms with E-state index in [2.05, 4.69) is 0 Å². The van der Waals surface area contributed by atoms with Gasteiger partial charge in [0.15, 0.2) is 0 Å². The number of para-hydroxylation sites is 1. The number of carbonyl (C=O) groups is 1. The molecule has 0 spiro atoms. The van der Waals surface area contributed by atoms with E-state index < -0.39 is 23.1 Å². The van der Waals surface area contributed by atoms with E-state index in [9.17, 15) is 14.9 Å². The average Bonchev–Trinajstić information content (AvgIpc) is 3.16. The van der Waals surface area contributed by atoms with Crippen molar-refractivity contribution < 1.29 is 18.7 Å². The maximum Gasteiger partial charge on any atom is 0.366 e. The van der Waals surface area contributed by atoms with Gasteiger partial charge >= 0.3 is 17.2 Å². The van der Waals surface area contributed by atoms with Crippen LogP contribution < -0.4 is 10.4 Å². The Morgan fingerprint density at radius 1 is 1.06 bits per heavy atom. The molecule has 6 heteroatoms. The van der Waals surface area contributed by atoms with Crippen molar-refractivity contribution in [3.63, 3.8) is 0 Å². The van der Waals surface area contributed by atoms with Gasteiger partial charge in [-0.05, 0) is 35.4 Å². The van der Waals surface area contributed by atoms with Gasteiger partial charge in [0, 0.05) is 0 Å². The molecule has 0 saturated heterocycles. The molecule has 1 aromatic heterocycles. The first kappa shape index (κ1) is 18.9. The largest absolute Gasteiger partial charge is 0.462 e. The number of nitrogens with zero attached hydrogens (tertiary/aromatic N) is 1. The molecule has 4 aromatic rings. The van der Waals surface area contributed by atoms with Crippen molar-refractivity contribution >= 4 is 27.7 Å². The zero-order chi connectivity index (χ0) is 21.6. The van der Waals surface area contributed by atoms with Crippen LogP contribution in [0.25, 0.3) is 21.7 Å². The number of hydrogen-bond acceptors (Lipinski definition) is 6. The maximum atomic E-state index is 13.1. The molecule has 1 aliphatic heterocycles. The predicted octanol–water partition coefficient (Wildman–Crippen LogP) is 4.30. The minimum absolute atomic E-state index is 0.0690. The summed E-state index contributed by atoms with van der Waals surface area (Å²) >= 11 is 0. The van der Waals surface area contributed by atoms with Crippen LogP contribution in [-0.2, 0) is 9.53 Å². The second kappa shape index (κ2) is 6.99. The average molecular weight is 411 g/mol. The van der Waals surface area contributed by atoms with Gasteiger partial charge in [0.2, 0.25) is 0 Å². The van der Waals surface area contributed by atoms with Gasteiger partial charge in [0.05, 0.1) is 23.5 Å². The van der Waals surface area contributed by atoms with E-state index in [1.54, 1.807) is 37.3 Å². The fourth-order valence-electron chi connectivity index (χ4n) is 4.33. The van der Waals surface area contributed by atoms with E-state index in [0.29, 0.717) is 16.5 Å². The van der Waals surface area contributed by atoms with Gasteiger partial charge in [0.25, 0.3) is 0 Å². The third-order valence-corrected chi connectivity index (χ3v) is 5.64. The molecule has 3 aromatic carbocycles. The molecular weight excluding hydrogens is 394 g/mol. The number of hydrogen-bond donors (Lipinski definition) is 0. The maximum absolute atomic E-state index is 13.1. The number of carbonyl (C=O) groups excluding carboxylic acids is 1. The van der Waals surface area contributed by atoms with Gasteiger partial charge in [-0.2, -0.15) is 5.26 Å². The summed E-state index contributed by atoms with van der Waals surface area (Å²) in [7, 11) is 0. The van der Waals surface area contributed by atoms with Crippen molar-refractivity contribution in [1.29, 1.82) is 5.26 Å². The molecule has 2 unspecified atom stereocenters. The van der Waals surface area contributed by atoms with E-state index in [0.717, 1.165) is 10.8 Å². The Kier molecular flexibility index (Phi) is 4.26. The number of rotatable bonds is 3. The van der Waals surface area contributed by atoms with Crippen LogP contribution in [0.5, 0.6) is 5.75 Å². The highest BCUT2D eigenvalue weighted by molar-refractivity contribution is 5.95. The third kappa shape index (κ3) is 2.63. The summed E-state index contributed by atoms with van der Waals surface area (Å²) in [5, 5.41) is 12.5. The lowest BCUT2D eigenvalue weighted by Gasteiger charge is -2.26. The highest BCUT2D eigenvalue weighted by Crippen LogP contribution is 2.51. The third-order valence-electron chi connectivity index (χ3n) is 5.64. The van der Waals surface area contributed by atoms with Gasteiger partial charge in [-0.25, -0.2) is 9.59 Å². The molecule has 0 radical (unpaired) electrons. The summed E-state index contributed by atoms with van der Waals surface area (Å²) in [6.45, 7) is 1.72. The Hall–Kier alpha value is -4.11. The summed E-state index contributed by atoms with van der Waals surface area (Å²) in [5.74, 6) is -1.67. The van der Waals surface area contributed by atoms with E-state index in [4.69, 9.17) is 13.9 Å². The van der Waals surface area contributed by atoms with Gasteiger partial charge in [-0.15, -0.1) is 0 Å². The van der Waals surface area contributed by atoms with Gasteiger partial charge in [-0.3, -0.25) is 0 Å². The predicted molar refractivity (Wildman–Crippen MR) is 114 cm³/mol. The van der Waals surface area contributed by atoms with Crippen LogP contribution in [0, 0.1) is 11.3 Å². The summed E-state index contributed by atoms with van der Waals surface area (Å²) in [6, 6.07) is 22.0. The molecule has 5 rings (SSSR count). The summed E-state index contributed by atoms with van der Waals surface area (Å²) in [6.07, 6.45) is 0. The van der Waals surface area contributed by atoms with Crippen molar-refractivity contribution in [1.82, 2.24) is 0 Å². The topological polar surface area (TPSA) is 89.5 Å². The molecule has 2 atom stereocenters. The minimum atomic E-state index is -2.05. The Morgan fingerprint density at radius 2 is 1.77 bits per heavy atom. The summed E-state index contributed by atoms with van der Waals surface area (Å²) in [5.41, 5.74) is -1.62. The molecule has 0 N–H and O–H groups in total. The number of benzene rings is 3. The number of nitriles is 1. The first-order valence-corrected chi connectivity index (χ1v) is 9.91. The fourth-order valence-corrected chi connectivity index (χ4v) is 4.33. The van der Waals surface area contributed by atoms with Crippen LogP contribution in [0.3, 0.4) is 0 Å². The Bertz CT molecular complexity index is 1440. The fraction of sp³-hybridized carbons (Fsp3) is 0.160. The van der Waals surface area contributed by atoms with Crippen molar-refractivity contribution in [3.8, 4) is 11.8 Å². The molecule has 152 valence electrons. The molecule has 1 aliphatic rings. The molecule has 0 aliphatic carbocycles. The zero-order valence-electron chi connectivity index (χ0n) is 16.6. The minimum Gasteiger partial charge on any atom is -0.462 e. The van der Waals surface area contributed by atoms with Crippen molar-refractivity contribution in [2.75, 3.05) is 6.61 Å². The van der Waals surface area contributed by atoms with E-state index in [1.807, 2.05) is 42.5 Å². The lowest BCUT2D eigenvalue weighted by atomic mass is 9.78. The molecule has 2 heterocycles. The molecular formula is C25H17NO5. The first-order valence-electron chi connectivity index (χ1n) is 9.91. The highest BCUT2D eigenvalue weighted by Gasteiger charge is 2.59.